The summed E-state index contributed by atoms with van der Waals surface area (Å²) in [6, 6.07) is 4.60. The van der Waals surface area contributed by atoms with Crippen molar-refractivity contribution in [1.29, 1.82) is 0 Å². The molecule has 2 aromatic rings. The van der Waals surface area contributed by atoms with Gasteiger partial charge in [0.2, 0.25) is 0 Å². The van der Waals surface area contributed by atoms with Gasteiger partial charge in [0.05, 0.1) is 18.2 Å². The van der Waals surface area contributed by atoms with Crippen molar-refractivity contribution in [3.05, 3.63) is 52.2 Å². The van der Waals surface area contributed by atoms with Crippen LogP contribution in [0.15, 0.2) is 30.2 Å². The molecule has 0 saturated carbocycles. The monoisotopic (exact) mass is 474 g/mol. The van der Waals surface area contributed by atoms with Crippen LogP contribution in [0.3, 0.4) is 0 Å². The first-order chi connectivity index (χ1) is 8.41. The Bertz CT molecular complexity index is 641. The predicted molar refractivity (Wildman–Crippen MR) is 82.3 cm³/mol. The minimum atomic E-state index is -0.717. The van der Waals surface area contributed by atoms with Crippen molar-refractivity contribution < 1.29 is 9.18 Å². The Hall–Kier alpha value is 0.250. The quantitative estimate of drug-likeness (QED) is 0.380. The van der Waals surface area contributed by atoms with Gasteiger partial charge in [-0.1, -0.05) is 11.6 Å². The highest BCUT2D eigenvalue weighted by Crippen LogP contribution is 2.35. The number of thiophene rings is 1. The maximum Gasteiger partial charge on any atom is 0.198 e. The van der Waals surface area contributed by atoms with E-state index in [1.807, 2.05) is 0 Å². The fraction of sp³-hybridized carbons (Fsp3) is 0. The molecule has 0 aliphatic heterocycles. The van der Waals surface area contributed by atoms with Gasteiger partial charge in [0.15, 0.2) is 11.6 Å². The summed E-state index contributed by atoms with van der Waals surface area (Å²) in [5.41, 5.74) is 0.360. The second kappa shape index (κ2) is 5.71. The first-order valence-electron chi connectivity index (χ1n) is 4.55. The molecule has 0 saturated heterocycles. The second-order valence-electron chi connectivity index (χ2n) is 3.29. The summed E-state index contributed by atoms with van der Waals surface area (Å²) in [7, 11) is 0. The zero-order valence-electron chi connectivity index (χ0n) is 8.44. The lowest BCUT2D eigenvalue weighted by Crippen LogP contribution is -2.04. The Kier molecular flexibility index (Phi) is 4.65. The third-order valence-electron chi connectivity index (χ3n) is 2.18. The van der Waals surface area contributed by atoms with E-state index < -0.39 is 11.6 Å². The van der Waals surface area contributed by atoms with Crippen LogP contribution in [0.5, 0.6) is 0 Å². The van der Waals surface area contributed by atoms with E-state index in [0.29, 0.717) is 13.8 Å². The number of rotatable bonds is 2. The molecule has 2 rings (SSSR count). The molecule has 1 aromatic heterocycles. The molecule has 1 aromatic carbocycles. The van der Waals surface area contributed by atoms with E-state index >= 15 is 0 Å². The maximum atomic E-state index is 13.9. The van der Waals surface area contributed by atoms with E-state index in [9.17, 15) is 9.18 Å². The number of carbonyl (C=O) groups excluding carboxylic acids is 1. The van der Waals surface area contributed by atoms with Gasteiger partial charge in [-0.25, -0.2) is 4.39 Å². The molecule has 0 fully saturated rings. The highest BCUT2D eigenvalue weighted by molar-refractivity contribution is 9.12. The average Bonchev–Trinajstić information content (AvgIpc) is 2.65. The summed E-state index contributed by atoms with van der Waals surface area (Å²) < 4.78 is 15.8. The molecular formula is C11H3Br3ClFOS. The van der Waals surface area contributed by atoms with E-state index in [-0.39, 0.29) is 10.6 Å². The maximum absolute atomic E-state index is 13.9. The van der Waals surface area contributed by atoms with Crippen LogP contribution in [0.1, 0.15) is 15.9 Å². The highest BCUT2D eigenvalue weighted by atomic mass is 79.9. The predicted octanol–water partition coefficient (Wildman–Crippen LogP) is 6.06. The molecule has 0 spiro atoms. The van der Waals surface area contributed by atoms with Gasteiger partial charge in [0, 0.05) is 10.0 Å². The molecule has 0 unspecified atom stereocenters. The van der Waals surface area contributed by atoms with E-state index in [4.69, 9.17) is 11.6 Å². The van der Waals surface area contributed by atoms with Crippen LogP contribution < -0.4 is 0 Å². The Morgan fingerprint density at radius 2 is 1.89 bits per heavy atom. The van der Waals surface area contributed by atoms with Gasteiger partial charge in [-0.05, 0) is 66.0 Å². The van der Waals surface area contributed by atoms with Crippen molar-refractivity contribution in [1.82, 2.24) is 0 Å². The number of benzene rings is 1. The molecule has 0 aliphatic carbocycles. The molecule has 18 heavy (non-hydrogen) atoms. The third-order valence-corrected chi connectivity index (χ3v) is 5.78. The van der Waals surface area contributed by atoms with E-state index in [1.165, 1.54) is 17.4 Å². The minimum absolute atomic E-state index is 0.0470. The number of hydrogen-bond acceptors (Lipinski definition) is 2. The Labute approximate surface area is 137 Å². The fourth-order valence-electron chi connectivity index (χ4n) is 1.34. The highest BCUT2D eigenvalue weighted by Gasteiger charge is 2.21. The Balaban J connectivity index is 2.53. The van der Waals surface area contributed by atoms with Crippen LogP contribution in [-0.4, -0.2) is 5.78 Å². The molecule has 7 heteroatoms. The van der Waals surface area contributed by atoms with Crippen molar-refractivity contribution >= 4 is 76.5 Å². The lowest BCUT2D eigenvalue weighted by Gasteiger charge is -2.04. The largest absolute Gasteiger partial charge is 0.288 e. The molecule has 1 nitrogen and oxygen atoms in total. The van der Waals surface area contributed by atoms with Crippen LogP contribution in [0.4, 0.5) is 4.39 Å². The molecule has 0 radical (unpaired) electrons. The number of ketones is 1. The topological polar surface area (TPSA) is 17.1 Å². The SMILES string of the molecule is O=C(c1cc(Br)sc1Br)c1ccc(Br)c(Cl)c1F. The van der Waals surface area contributed by atoms with Crippen LogP contribution in [0.25, 0.3) is 0 Å². The first kappa shape index (κ1) is 14.7. The average molecular weight is 477 g/mol. The van der Waals surface area contributed by atoms with Crippen molar-refractivity contribution in [2.75, 3.05) is 0 Å². The molecule has 0 amide bonds. The van der Waals surface area contributed by atoms with E-state index in [0.717, 1.165) is 3.79 Å². The number of halogens is 5. The summed E-state index contributed by atoms with van der Waals surface area (Å²) in [6.07, 6.45) is 0. The fourth-order valence-corrected chi connectivity index (χ4v) is 4.61. The van der Waals surface area contributed by atoms with Crippen LogP contribution in [0, 0.1) is 5.82 Å². The van der Waals surface area contributed by atoms with Gasteiger partial charge in [0.1, 0.15) is 0 Å². The lowest BCUT2D eigenvalue weighted by molar-refractivity contribution is 0.103. The summed E-state index contributed by atoms with van der Waals surface area (Å²) >= 11 is 16.8. The third kappa shape index (κ3) is 2.72. The molecule has 0 aliphatic rings. The standard InChI is InChI=1S/C11H3Br3ClFOS/c12-6-2-1-4(9(16)8(6)15)10(17)5-3-7(13)18-11(5)14/h1-3H. The van der Waals surface area contributed by atoms with Gasteiger partial charge in [-0.2, -0.15) is 0 Å². The number of hydrogen-bond donors (Lipinski definition) is 0. The lowest BCUT2D eigenvalue weighted by atomic mass is 10.1. The minimum Gasteiger partial charge on any atom is -0.288 e. The zero-order valence-corrected chi connectivity index (χ0v) is 14.8. The zero-order chi connectivity index (χ0) is 13.4. The Morgan fingerprint density at radius 3 is 2.44 bits per heavy atom. The van der Waals surface area contributed by atoms with E-state index in [1.54, 1.807) is 12.1 Å². The number of carbonyl (C=O) groups is 1. The summed E-state index contributed by atoms with van der Waals surface area (Å²) in [5, 5.41) is -0.0914. The van der Waals surface area contributed by atoms with Gasteiger partial charge in [-0.15, -0.1) is 11.3 Å². The van der Waals surface area contributed by atoms with Crippen molar-refractivity contribution in [2.45, 2.75) is 0 Å². The first-order valence-corrected chi connectivity index (χ1v) is 8.12. The van der Waals surface area contributed by atoms with Crippen LogP contribution >= 0.6 is 70.7 Å². The summed E-state index contributed by atoms with van der Waals surface area (Å²) in [5.74, 6) is -1.12. The Morgan fingerprint density at radius 1 is 1.22 bits per heavy atom. The van der Waals surface area contributed by atoms with E-state index in [2.05, 4.69) is 47.8 Å². The van der Waals surface area contributed by atoms with Crippen molar-refractivity contribution in [2.24, 2.45) is 0 Å². The second-order valence-corrected chi connectivity index (χ2v) is 8.27. The molecule has 1 heterocycles. The van der Waals surface area contributed by atoms with Gasteiger partial charge in [0.25, 0.3) is 0 Å². The van der Waals surface area contributed by atoms with Crippen molar-refractivity contribution in [3.8, 4) is 0 Å². The summed E-state index contributed by atoms with van der Waals surface area (Å²) in [4.78, 5) is 12.2. The van der Waals surface area contributed by atoms with Gasteiger partial charge in [-0.3, -0.25) is 4.79 Å². The normalized spacial score (nSPS) is 10.7. The molecule has 0 N–H and O–H groups in total. The van der Waals surface area contributed by atoms with Crippen LogP contribution in [0.2, 0.25) is 5.02 Å². The molecule has 0 bridgehead atoms. The smallest absolute Gasteiger partial charge is 0.198 e. The van der Waals surface area contributed by atoms with Crippen LogP contribution in [-0.2, 0) is 0 Å². The molecule has 0 atom stereocenters. The van der Waals surface area contributed by atoms with Gasteiger partial charge >= 0.3 is 0 Å². The molecule has 94 valence electrons. The van der Waals surface area contributed by atoms with Gasteiger partial charge < -0.3 is 0 Å². The summed E-state index contributed by atoms with van der Waals surface area (Å²) in [6.45, 7) is 0. The molecular weight excluding hydrogens is 474 g/mol. The van der Waals surface area contributed by atoms with Crippen molar-refractivity contribution in [3.63, 3.8) is 0 Å².